The lowest BCUT2D eigenvalue weighted by molar-refractivity contribution is -0.137. The first-order chi connectivity index (χ1) is 14.6. The molecule has 3 rings (SSSR count). The number of nitrogens with one attached hydrogen (secondary N) is 1. The highest BCUT2D eigenvalue weighted by Crippen LogP contribution is 2.31. The van der Waals surface area contributed by atoms with Crippen molar-refractivity contribution in [3.05, 3.63) is 59.7 Å². The van der Waals surface area contributed by atoms with Gasteiger partial charge in [0.1, 0.15) is 0 Å². The van der Waals surface area contributed by atoms with E-state index in [1.807, 2.05) is 6.92 Å². The van der Waals surface area contributed by atoms with Crippen molar-refractivity contribution in [2.45, 2.75) is 36.9 Å². The summed E-state index contributed by atoms with van der Waals surface area (Å²) in [5.41, 5.74) is -0.818. The van der Waals surface area contributed by atoms with Crippen LogP contribution in [0.4, 0.5) is 18.9 Å². The highest BCUT2D eigenvalue weighted by molar-refractivity contribution is 7.92. The molecule has 1 fully saturated rings. The third-order valence-corrected chi connectivity index (χ3v) is 6.38. The van der Waals surface area contributed by atoms with Gasteiger partial charge in [-0.25, -0.2) is 8.42 Å². The van der Waals surface area contributed by atoms with Crippen molar-refractivity contribution in [2.75, 3.05) is 24.4 Å². The number of halogens is 3. The second-order valence-corrected chi connectivity index (χ2v) is 8.84. The van der Waals surface area contributed by atoms with Crippen LogP contribution in [0.15, 0.2) is 53.4 Å². The molecule has 10 heteroatoms. The number of nitrogens with zero attached hydrogens (tertiary/aromatic N) is 1. The normalized spacial score (nSPS) is 15.7. The van der Waals surface area contributed by atoms with Crippen molar-refractivity contribution in [1.29, 1.82) is 0 Å². The van der Waals surface area contributed by atoms with Crippen molar-refractivity contribution in [3.63, 3.8) is 0 Å². The zero-order chi connectivity index (χ0) is 22.6. The van der Waals surface area contributed by atoms with Crippen molar-refractivity contribution < 1.29 is 31.1 Å². The van der Waals surface area contributed by atoms with Gasteiger partial charge in [0.25, 0.3) is 15.9 Å². The van der Waals surface area contributed by atoms with Gasteiger partial charge in [-0.3, -0.25) is 9.52 Å². The van der Waals surface area contributed by atoms with Crippen LogP contribution in [0, 0.1) is 0 Å². The first-order valence-electron chi connectivity index (χ1n) is 9.81. The third kappa shape index (κ3) is 5.76. The Morgan fingerprint density at radius 3 is 2.35 bits per heavy atom. The predicted octanol–water partition coefficient (Wildman–Crippen LogP) is 4.15. The fourth-order valence-corrected chi connectivity index (χ4v) is 4.44. The number of rotatable bonds is 6. The third-order valence-electron chi connectivity index (χ3n) is 4.99. The average molecular weight is 456 g/mol. The van der Waals surface area contributed by atoms with Gasteiger partial charge < -0.3 is 9.64 Å². The van der Waals surface area contributed by atoms with Crippen LogP contribution in [-0.4, -0.2) is 45.0 Å². The van der Waals surface area contributed by atoms with Gasteiger partial charge in [-0.2, -0.15) is 13.2 Å². The first kappa shape index (κ1) is 23.1. The Balaban J connectivity index is 1.68. The molecule has 1 amide bonds. The molecule has 2 aromatic carbocycles. The van der Waals surface area contributed by atoms with E-state index in [2.05, 4.69) is 4.72 Å². The summed E-state index contributed by atoms with van der Waals surface area (Å²) < 4.78 is 71.3. The summed E-state index contributed by atoms with van der Waals surface area (Å²) in [5, 5.41) is 0. The van der Waals surface area contributed by atoms with Gasteiger partial charge in [0, 0.05) is 30.9 Å². The minimum atomic E-state index is -4.58. The SMILES string of the molecule is CCOC1CCN(C(=O)c2ccc(S(=O)(=O)Nc3cccc(C(F)(F)F)c3)cc2)CC1. The quantitative estimate of drug-likeness (QED) is 0.709. The number of anilines is 1. The maximum atomic E-state index is 12.8. The number of hydrogen-bond donors (Lipinski definition) is 1. The molecular formula is C21H23F3N2O4S. The number of piperidine rings is 1. The summed E-state index contributed by atoms with van der Waals surface area (Å²) in [6, 6.07) is 9.26. The van der Waals surface area contributed by atoms with Crippen LogP contribution in [-0.2, 0) is 20.9 Å². The van der Waals surface area contributed by atoms with Crippen LogP contribution in [0.2, 0.25) is 0 Å². The van der Waals surface area contributed by atoms with E-state index < -0.39 is 21.8 Å². The molecule has 0 unspecified atom stereocenters. The minimum Gasteiger partial charge on any atom is -0.378 e. The molecule has 31 heavy (non-hydrogen) atoms. The Morgan fingerprint density at radius 1 is 1.13 bits per heavy atom. The van der Waals surface area contributed by atoms with Crippen LogP contribution >= 0.6 is 0 Å². The van der Waals surface area contributed by atoms with Gasteiger partial charge in [-0.05, 0) is 62.2 Å². The van der Waals surface area contributed by atoms with Crippen molar-refractivity contribution in [1.82, 2.24) is 4.90 Å². The van der Waals surface area contributed by atoms with Gasteiger partial charge in [0.2, 0.25) is 0 Å². The molecule has 0 saturated carbocycles. The van der Waals surface area contributed by atoms with Crippen molar-refractivity contribution in [3.8, 4) is 0 Å². The molecule has 1 saturated heterocycles. The van der Waals surface area contributed by atoms with E-state index in [-0.39, 0.29) is 22.6 Å². The lowest BCUT2D eigenvalue weighted by Crippen LogP contribution is -2.40. The van der Waals surface area contributed by atoms with Crippen LogP contribution in [0.3, 0.4) is 0 Å². The topological polar surface area (TPSA) is 75.7 Å². The highest BCUT2D eigenvalue weighted by atomic mass is 32.2. The predicted molar refractivity (Wildman–Crippen MR) is 109 cm³/mol. The maximum absolute atomic E-state index is 12.8. The van der Waals surface area contributed by atoms with Crippen molar-refractivity contribution in [2.24, 2.45) is 0 Å². The van der Waals surface area contributed by atoms with Gasteiger partial charge in [0.15, 0.2) is 0 Å². The minimum absolute atomic E-state index is 0.142. The fraction of sp³-hybridized carbons (Fsp3) is 0.381. The Hall–Kier alpha value is -2.59. The summed E-state index contributed by atoms with van der Waals surface area (Å²) in [6.07, 6.45) is -2.95. The van der Waals surface area contributed by atoms with E-state index in [9.17, 15) is 26.4 Å². The molecule has 2 aromatic rings. The highest BCUT2D eigenvalue weighted by Gasteiger charge is 2.31. The molecule has 1 aliphatic rings. The molecule has 0 bridgehead atoms. The maximum Gasteiger partial charge on any atom is 0.416 e. The number of ether oxygens (including phenoxy) is 1. The van der Waals surface area contributed by atoms with Gasteiger partial charge >= 0.3 is 6.18 Å². The van der Waals surface area contributed by atoms with Gasteiger partial charge in [-0.15, -0.1) is 0 Å². The largest absolute Gasteiger partial charge is 0.416 e. The lowest BCUT2D eigenvalue weighted by atomic mass is 10.1. The summed E-state index contributed by atoms with van der Waals surface area (Å²) in [5.74, 6) is -0.204. The van der Waals surface area contributed by atoms with E-state index in [4.69, 9.17) is 4.74 Å². The molecule has 1 heterocycles. The molecule has 1 N–H and O–H groups in total. The standard InChI is InChI=1S/C21H23F3N2O4S/c1-2-30-18-10-12-26(13-11-18)20(27)15-6-8-19(9-7-15)31(28,29)25-17-5-3-4-16(14-17)21(22,23)24/h3-9,14,18,25H,2,10-13H2,1H3. The number of amides is 1. The van der Waals surface area contributed by atoms with E-state index in [1.165, 1.54) is 30.3 Å². The Bertz CT molecular complexity index is 1020. The molecule has 168 valence electrons. The molecule has 1 aliphatic heterocycles. The van der Waals surface area contributed by atoms with Gasteiger partial charge in [0.05, 0.1) is 16.6 Å². The van der Waals surface area contributed by atoms with Crippen molar-refractivity contribution >= 4 is 21.6 Å². The number of carbonyl (C=O) groups excluding carboxylic acids is 1. The number of benzene rings is 2. The molecule has 0 aliphatic carbocycles. The van der Waals surface area contributed by atoms with Crippen LogP contribution in [0.25, 0.3) is 0 Å². The number of alkyl halides is 3. The number of sulfonamides is 1. The molecule has 6 nitrogen and oxygen atoms in total. The Labute approximate surface area is 179 Å². The fourth-order valence-electron chi connectivity index (χ4n) is 3.39. The average Bonchev–Trinajstić information content (AvgIpc) is 2.73. The molecule has 0 radical (unpaired) electrons. The zero-order valence-electron chi connectivity index (χ0n) is 16.9. The van der Waals surface area contributed by atoms with Crippen LogP contribution in [0.1, 0.15) is 35.7 Å². The molecule has 0 aromatic heterocycles. The molecule has 0 atom stereocenters. The summed E-state index contributed by atoms with van der Waals surface area (Å²) in [6.45, 7) is 3.67. The monoisotopic (exact) mass is 456 g/mol. The van der Waals surface area contributed by atoms with E-state index in [1.54, 1.807) is 4.90 Å². The Kier molecular flexibility index (Phi) is 6.90. The van der Waals surface area contributed by atoms with E-state index in [0.29, 0.717) is 25.3 Å². The number of likely N-dealkylation sites (tertiary alicyclic amines) is 1. The van der Waals surface area contributed by atoms with Crippen LogP contribution < -0.4 is 4.72 Å². The smallest absolute Gasteiger partial charge is 0.378 e. The molecule has 0 spiro atoms. The van der Waals surface area contributed by atoms with E-state index >= 15 is 0 Å². The zero-order valence-corrected chi connectivity index (χ0v) is 17.7. The second kappa shape index (κ2) is 9.27. The summed E-state index contributed by atoms with van der Waals surface area (Å²) in [7, 11) is -4.12. The lowest BCUT2D eigenvalue weighted by Gasteiger charge is -2.31. The number of hydrogen-bond acceptors (Lipinski definition) is 4. The second-order valence-electron chi connectivity index (χ2n) is 7.16. The summed E-state index contributed by atoms with van der Waals surface area (Å²) in [4.78, 5) is 14.2. The Morgan fingerprint density at radius 2 is 1.77 bits per heavy atom. The summed E-state index contributed by atoms with van der Waals surface area (Å²) >= 11 is 0. The molecular weight excluding hydrogens is 433 g/mol. The number of carbonyl (C=O) groups is 1. The first-order valence-corrected chi connectivity index (χ1v) is 11.3. The van der Waals surface area contributed by atoms with Crippen LogP contribution in [0.5, 0.6) is 0 Å². The van der Waals surface area contributed by atoms with Gasteiger partial charge in [-0.1, -0.05) is 6.07 Å². The van der Waals surface area contributed by atoms with E-state index in [0.717, 1.165) is 31.0 Å².